The summed E-state index contributed by atoms with van der Waals surface area (Å²) >= 11 is 0. The molecule has 4 rings (SSSR count). The highest BCUT2D eigenvalue weighted by atomic mass is 16.5. The van der Waals surface area contributed by atoms with Crippen LogP contribution in [0.3, 0.4) is 0 Å². The first-order valence-electron chi connectivity index (χ1n) is 6.98. The van der Waals surface area contributed by atoms with Gasteiger partial charge in [-0.3, -0.25) is 0 Å². The lowest BCUT2D eigenvalue weighted by Gasteiger charge is -2.12. The van der Waals surface area contributed by atoms with E-state index in [0.717, 1.165) is 39.2 Å². The molecule has 0 spiro atoms. The van der Waals surface area contributed by atoms with Gasteiger partial charge in [-0.1, -0.05) is 60.7 Å². The topological polar surface area (TPSA) is 29.5 Å². The van der Waals surface area contributed by atoms with E-state index in [1.54, 1.807) is 0 Å². The highest BCUT2D eigenvalue weighted by molar-refractivity contribution is 6.47. The zero-order chi connectivity index (χ0) is 14.2. The highest BCUT2D eigenvalue weighted by Crippen LogP contribution is 2.45. The summed E-state index contributed by atoms with van der Waals surface area (Å²) in [5.74, 6) is 1.57. The van der Waals surface area contributed by atoms with Gasteiger partial charge in [0.25, 0.3) is 0 Å². The zero-order valence-corrected chi connectivity index (χ0v) is 11.4. The molecule has 0 amide bonds. The summed E-state index contributed by atoms with van der Waals surface area (Å²) < 4.78 is 6.15. The van der Waals surface area contributed by atoms with Gasteiger partial charge in [0.15, 0.2) is 0 Å². The Morgan fingerprint density at radius 1 is 0.667 bits per heavy atom. The molecule has 1 aliphatic rings. The minimum absolute atomic E-state index is 0.0342. The summed E-state index contributed by atoms with van der Waals surface area (Å²) in [7, 11) is -0.0342. The van der Waals surface area contributed by atoms with Crippen LogP contribution in [0.1, 0.15) is 0 Å². The van der Waals surface area contributed by atoms with Crippen LogP contribution in [0.2, 0.25) is 0 Å². The van der Waals surface area contributed by atoms with Crippen LogP contribution in [0.4, 0.5) is 0 Å². The highest BCUT2D eigenvalue weighted by Gasteiger charge is 2.21. The lowest BCUT2D eigenvalue weighted by atomic mass is 9.84. The molecule has 1 heterocycles. The number of rotatable bonds is 1. The first-order chi connectivity index (χ1) is 10.4. The van der Waals surface area contributed by atoms with Gasteiger partial charge in [-0.15, -0.1) is 0 Å². The number of ether oxygens (including phenoxy) is 1. The molecule has 0 aliphatic carbocycles. The van der Waals surface area contributed by atoms with E-state index in [-0.39, 0.29) is 7.48 Å². The maximum absolute atomic E-state index is 9.60. The van der Waals surface area contributed by atoms with Crippen molar-refractivity contribution in [2.45, 2.75) is 0 Å². The van der Waals surface area contributed by atoms with Crippen molar-refractivity contribution in [1.29, 1.82) is 0 Å². The van der Waals surface area contributed by atoms with E-state index in [9.17, 15) is 5.02 Å². The van der Waals surface area contributed by atoms with Crippen molar-refractivity contribution in [2.24, 2.45) is 0 Å². The fraction of sp³-hybridized carbons (Fsp3) is 0. The van der Waals surface area contributed by atoms with Crippen LogP contribution in [0.15, 0.2) is 66.7 Å². The quantitative estimate of drug-likeness (QED) is 0.539. The van der Waals surface area contributed by atoms with Crippen molar-refractivity contribution in [3.8, 4) is 33.8 Å². The Kier molecular flexibility index (Phi) is 2.79. The van der Waals surface area contributed by atoms with Gasteiger partial charge in [0, 0.05) is 11.1 Å². The zero-order valence-electron chi connectivity index (χ0n) is 11.4. The van der Waals surface area contributed by atoms with Gasteiger partial charge < -0.3 is 9.76 Å². The third kappa shape index (κ3) is 1.86. The first-order valence-corrected chi connectivity index (χ1v) is 6.98. The Morgan fingerprint density at radius 3 is 2.05 bits per heavy atom. The molecule has 3 aromatic carbocycles. The lowest BCUT2D eigenvalue weighted by molar-refractivity contribution is 0.490. The van der Waals surface area contributed by atoms with E-state index in [2.05, 4.69) is 18.2 Å². The second-order valence-electron chi connectivity index (χ2n) is 5.10. The largest absolute Gasteiger partial charge is 0.457 e. The average Bonchev–Trinajstić information content (AvgIpc) is 2.69. The molecule has 0 aromatic heterocycles. The molecule has 3 heteroatoms. The third-order valence-corrected chi connectivity index (χ3v) is 3.87. The summed E-state index contributed by atoms with van der Waals surface area (Å²) in [6.07, 6.45) is 0. The molecule has 21 heavy (non-hydrogen) atoms. The lowest BCUT2D eigenvalue weighted by Crippen LogP contribution is -2.16. The molecule has 3 aromatic rings. The van der Waals surface area contributed by atoms with Crippen molar-refractivity contribution in [3.63, 3.8) is 0 Å². The molecule has 0 saturated heterocycles. The smallest absolute Gasteiger partial charge is 0.308 e. The van der Waals surface area contributed by atoms with Crippen molar-refractivity contribution in [2.75, 3.05) is 0 Å². The second-order valence-corrected chi connectivity index (χ2v) is 5.10. The molecule has 100 valence electrons. The second kappa shape index (κ2) is 4.79. The molecule has 1 N–H and O–H groups in total. The van der Waals surface area contributed by atoms with E-state index in [1.807, 2.05) is 48.5 Å². The molecule has 0 saturated carbocycles. The SMILES string of the molecule is OBc1cccc2c1Oc1ccccc1-c1ccccc1-2. The molecular weight excluding hydrogens is 259 g/mol. The number of fused-ring (bicyclic) bond motifs is 5. The maximum atomic E-state index is 9.60. The minimum Gasteiger partial charge on any atom is -0.457 e. The van der Waals surface area contributed by atoms with Crippen LogP contribution >= 0.6 is 0 Å². The monoisotopic (exact) mass is 272 g/mol. The van der Waals surface area contributed by atoms with Gasteiger partial charge in [-0.05, 0) is 22.7 Å². The van der Waals surface area contributed by atoms with E-state index < -0.39 is 0 Å². The summed E-state index contributed by atoms with van der Waals surface area (Å²) in [6, 6.07) is 22.2. The Balaban J connectivity index is 2.11. The van der Waals surface area contributed by atoms with Crippen LogP contribution in [-0.2, 0) is 0 Å². The number of hydrogen-bond donors (Lipinski definition) is 1. The molecule has 0 fully saturated rings. The summed E-state index contributed by atoms with van der Waals surface area (Å²) in [5, 5.41) is 9.60. The molecule has 0 bridgehead atoms. The Bertz CT molecular complexity index is 827. The van der Waals surface area contributed by atoms with Gasteiger partial charge in [-0.2, -0.15) is 0 Å². The predicted molar refractivity (Wildman–Crippen MR) is 86.4 cm³/mol. The minimum atomic E-state index is -0.0342. The van der Waals surface area contributed by atoms with Gasteiger partial charge in [0.2, 0.25) is 0 Å². The molecule has 0 unspecified atom stereocenters. The van der Waals surface area contributed by atoms with Crippen LogP contribution in [0.5, 0.6) is 11.5 Å². The fourth-order valence-electron chi connectivity index (χ4n) is 2.88. The number of para-hydroxylation sites is 2. The van der Waals surface area contributed by atoms with E-state index in [4.69, 9.17) is 4.74 Å². The number of hydrogen-bond acceptors (Lipinski definition) is 2. The summed E-state index contributed by atoms with van der Waals surface area (Å²) in [6.45, 7) is 0. The van der Waals surface area contributed by atoms with Crippen molar-refractivity contribution < 1.29 is 9.76 Å². The van der Waals surface area contributed by atoms with Crippen LogP contribution in [0, 0.1) is 0 Å². The van der Waals surface area contributed by atoms with E-state index in [0.29, 0.717) is 0 Å². The van der Waals surface area contributed by atoms with Gasteiger partial charge in [0.05, 0.1) is 0 Å². The predicted octanol–water partition coefficient (Wildman–Crippen LogP) is 3.10. The standard InChI is InChI=1S/C18H13BO2/c20-19-16-10-5-9-15-13-7-2-1-6-12(13)14-8-3-4-11-17(14)21-18(15)16/h1-11,19-20H. The maximum Gasteiger partial charge on any atom is 0.308 e. The average molecular weight is 272 g/mol. The van der Waals surface area contributed by atoms with Crippen LogP contribution < -0.4 is 10.2 Å². The molecule has 1 aliphatic heterocycles. The molecule has 2 nitrogen and oxygen atoms in total. The van der Waals surface area contributed by atoms with Gasteiger partial charge in [0.1, 0.15) is 11.5 Å². The fourth-order valence-corrected chi connectivity index (χ4v) is 2.88. The van der Waals surface area contributed by atoms with Gasteiger partial charge in [-0.25, -0.2) is 0 Å². The first kappa shape index (κ1) is 12.2. The molecule has 0 atom stereocenters. The Labute approximate surface area is 123 Å². The summed E-state index contributed by atoms with van der Waals surface area (Å²) in [4.78, 5) is 0. The van der Waals surface area contributed by atoms with E-state index >= 15 is 0 Å². The van der Waals surface area contributed by atoms with Crippen molar-refractivity contribution >= 4 is 12.9 Å². The normalized spacial score (nSPS) is 11.5. The Hall–Kier alpha value is -2.52. The molecular formula is C18H13BO2. The van der Waals surface area contributed by atoms with Crippen LogP contribution in [0.25, 0.3) is 22.3 Å². The van der Waals surface area contributed by atoms with Crippen molar-refractivity contribution in [1.82, 2.24) is 0 Å². The van der Waals surface area contributed by atoms with Gasteiger partial charge >= 0.3 is 7.48 Å². The van der Waals surface area contributed by atoms with Crippen LogP contribution in [-0.4, -0.2) is 12.5 Å². The molecule has 0 radical (unpaired) electrons. The third-order valence-electron chi connectivity index (χ3n) is 3.87. The van der Waals surface area contributed by atoms with E-state index in [1.165, 1.54) is 0 Å². The number of benzene rings is 3. The van der Waals surface area contributed by atoms with Crippen molar-refractivity contribution in [3.05, 3.63) is 66.7 Å². The Morgan fingerprint density at radius 2 is 1.29 bits per heavy atom. The summed E-state index contributed by atoms with van der Waals surface area (Å²) in [5.41, 5.74) is 5.19.